The maximum absolute atomic E-state index is 9.41. The van der Waals surface area contributed by atoms with E-state index in [-0.39, 0.29) is 0 Å². The van der Waals surface area contributed by atoms with Gasteiger partial charge in [0.05, 0.1) is 23.4 Å². The first-order valence-corrected chi connectivity index (χ1v) is 8.03. The molecule has 0 spiro atoms. The molecule has 0 fully saturated rings. The highest BCUT2D eigenvalue weighted by atomic mass is 35.5. The molecule has 4 nitrogen and oxygen atoms in total. The van der Waals surface area contributed by atoms with Crippen molar-refractivity contribution in [2.45, 2.75) is 13.5 Å². The number of hydrogen-bond donors (Lipinski definition) is 1. The first-order chi connectivity index (χ1) is 11.7. The molecule has 0 unspecified atom stereocenters. The number of fused-ring (bicyclic) bond motifs is 1. The van der Waals surface area contributed by atoms with Gasteiger partial charge in [-0.15, -0.1) is 0 Å². The molecule has 0 aliphatic carbocycles. The highest BCUT2D eigenvalue weighted by Crippen LogP contribution is 2.29. The number of aromatic nitrogens is 1. The lowest BCUT2D eigenvalue weighted by atomic mass is 10.1. The zero-order valence-corrected chi connectivity index (χ0v) is 14.0. The monoisotopic (exact) mass is 337 g/mol. The van der Waals surface area contributed by atoms with E-state index in [0.717, 1.165) is 27.9 Å². The summed E-state index contributed by atoms with van der Waals surface area (Å²) < 4.78 is 5.57. The van der Waals surface area contributed by atoms with Crippen LogP contribution in [0.3, 0.4) is 0 Å². The van der Waals surface area contributed by atoms with Crippen LogP contribution in [0.1, 0.15) is 18.1 Å². The second-order valence-corrected chi connectivity index (χ2v) is 5.69. The van der Waals surface area contributed by atoms with E-state index in [4.69, 9.17) is 16.3 Å². The van der Waals surface area contributed by atoms with Gasteiger partial charge in [-0.1, -0.05) is 23.7 Å². The Bertz CT molecular complexity index is 901. The first kappa shape index (κ1) is 16.1. The Balaban J connectivity index is 1.98. The van der Waals surface area contributed by atoms with Gasteiger partial charge in [0.25, 0.3) is 0 Å². The van der Waals surface area contributed by atoms with Gasteiger partial charge in [0.1, 0.15) is 11.8 Å². The lowest BCUT2D eigenvalue weighted by Crippen LogP contribution is -2.03. The van der Waals surface area contributed by atoms with Gasteiger partial charge in [0.15, 0.2) is 0 Å². The summed E-state index contributed by atoms with van der Waals surface area (Å²) in [5, 5.41) is 14.3. The van der Waals surface area contributed by atoms with Crippen molar-refractivity contribution in [2.75, 3.05) is 11.9 Å². The minimum absolute atomic E-state index is 0.505. The summed E-state index contributed by atoms with van der Waals surface area (Å²) in [4.78, 5) is 4.34. The molecule has 0 aliphatic rings. The van der Waals surface area contributed by atoms with Crippen molar-refractivity contribution in [3.63, 3.8) is 0 Å². The average Bonchev–Trinajstić information content (AvgIpc) is 2.61. The molecule has 5 heteroatoms. The SMILES string of the molecule is CCOc1ccc2ncc(C#N)c(NCc3ccc(Cl)cc3)c2c1. The summed E-state index contributed by atoms with van der Waals surface area (Å²) >= 11 is 5.92. The van der Waals surface area contributed by atoms with Crippen molar-refractivity contribution in [2.24, 2.45) is 0 Å². The lowest BCUT2D eigenvalue weighted by Gasteiger charge is -2.13. The number of nitrogens with one attached hydrogen (secondary N) is 1. The van der Waals surface area contributed by atoms with Crippen molar-refractivity contribution in [3.05, 3.63) is 64.8 Å². The standard InChI is InChI=1S/C19H16ClN3O/c1-2-24-16-7-8-18-17(9-16)19(14(10-21)12-22-18)23-11-13-3-5-15(20)6-4-13/h3-9,12H,2,11H2,1H3,(H,22,23). The normalized spacial score (nSPS) is 10.4. The second-order valence-electron chi connectivity index (χ2n) is 5.25. The zero-order chi connectivity index (χ0) is 16.9. The molecule has 2 aromatic carbocycles. The van der Waals surface area contributed by atoms with Crippen LogP contribution in [0.15, 0.2) is 48.7 Å². The van der Waals surface area contributed by atoms with Crippen LogP contribution in [0.25, 0.3) is 10.9 Å². The van der Waals surface area contributed by atoms with Gasteiger partial charge in [-0.2, -0.15) is 5.26 Å². The van der Waals surface area contributed by atoms with E-state index in [1.54, 1.807) is 6.20 Å². The Morgan fingerprint density at radius 2 is 2.00 bits per heavy atom. The number of ether oxygens (including phenoxy) is 1. The third-order valence-electron chi connectivity index (χ3n) is 3.65. The molecule has 0 amide bonds. The number of hydrogen-bond acceptors (Lipinski definition) is 4. The highest BCUT2D eigenvalue weighted by molar-refractivity contribution is 6.30. The Hall–Kier alpha value is -2.77. The van der Waals surface area contributed by atoms with Gasteiger partial charge >= 0.3 is 0 Å². The number of rotatable bonds is 5. The number of benzene rings is 2. The largest absolute Gasteiger partial charge is 0.494 e. The molecular formula is C19H16ClN3O. The Labute approximate surface area is 145 Å². The van der Waals surface area contributed by atoms with Crippen molar-refractivity contribution < 1.29 is 4.74 Å². The summed E-state index contributed by atoms with van der Waals surface area (Å²) in [6, 6.07) is 15.5. The molecular weight excluding hydrogens is 322 g/mol. The van der Waals surface area contributed by atoms with Crippen LogP contribution >= 0.6 is 11.6 Å². The smallest absolute Gasteiger partial charge is 0.120 e. The number of pyridine rings is 1. The van der Waals surface area contributed by atoms with E-state index in [9.17, 15) is 5.26 Å². The fraction of sp³-hybridized carbons (Fsp3) is 0.158. The maximum Gasteiger partial charge on any atom is 0.120 e. The van der Waals surface area contributed by atoms with Crippen LogP contribution in [-0.2, 0) is 6.54 Å². The van der Waals surface area contributed by atoms with Crippen LogP contribution in [0, 0.1) is 11.3 Å². The molecule has 3 rings (SSSR count). The van der Waals surface area contributed by atoms with Gasteiger partial charge in [0.2, 0.25) is 0 Å². The summed E-state index contributed by atoms with van der Waals surface area (Å²) in [6.07, 6.45) is 1.59. The van der Waals surface area contributed by atoms with Crippen LogP contribution in [-0.4, -0.2) is 11.6 Å². The highest BCUT2D eigenvalue weighted by Gasteiger charge is 2.10. The number of nitriles is 1. The molecule has 0 radical (unpaired) electrons. The molecule has 0 saturated heterocycles. The summed E-state index contributed by atoms with van der Waals surface area (Å²) in [6.45, 7) is 3.11. The summed E-state index contributed by atoms with van der Waals surface area (Å²) in [7, 11) is 0. The molecule has 0 atom stereocenters. The number of nitrogens with zero attached hydrogens (tertiary/aromatic N) is 2. The lowest BCUT2D eigenvalue weighted by molar-refractivity contribution is 0.340. The van der Waals surface area contributed by atoms with Crippen molar-refractivity contribution in [1.29, 1.82) is 5.26 Å². The average molecular weight is 338 g/mol. The predicted octanol–water partition coefficient (Wildman–Crippen LogP) is 4.77. The molecule has 0 saturated carbocycles. The van der Waals surface area contributed by atoms with E-state index in [1.807, 2.05) is 49.4 Å². The van der Waals surface area contributed by atoms with Gasteiger partial charge in [-0.05, 0) is 42.8 Å². The van der Waals surface area contributed by atoms with Crippen LogP contribution in [0.5, 0.6) is 5.75 Å². The molecule has 24 heavy (non-hydrogen) atoms. The van der Waals surface area contributed by atoms with E-state index in [2.05, 4.69) is 16.4 Å². The molecule has 0 aliphatic heterocycles. The second kappa shape index (κ2) is 7.20. The topological polar surface area (TPSA) is 57.9 Å². The van der Waals surface area contributed by atoms with Crippen LogP contribution < -0.4 is 10.1 Å². The van der Waals surface area contributed by atoms with E-state index >= 15 is 0 Å². The summed E-state index contributed by atoms with van der Waals surface area (Å²) in [5.74, 6) is 0.761. The minimum Gasteiger partial charge on any atom is -0.494 e. The van der Waals surface area contributed by atoms with Crippen LogP contribution in [0.2, 0.25) is 5.02 Å². The third-order valence-corrected chi connectivity index (χ3v) is 3.91. The fourth-order valence-electron chi connectivity index (χ4n) is 2.50. The van der Waals surface area contributed by atoms with E-state index in [0.29, 0.717) is 23.7 Å². The number of halogens is 1. The quantitative estimate of drug-likeness (QED) is 0.728. The predicted molar refractivity (Wildman–Crippen MR) is 96.4 cm³/mol. The molecule has 1 heterocycles. The first-order valence-electron chi connectivity index (χ1n) is 7.65. The van der Waals surface area contributed by atoms with Gasteiger partial charge in [-0.25, -0.2) is 0 Å². The van der Waals surface area contributed by atoms with Crippen molar-refractivity contribution in [3.8, 4) is 11.8 Å². The minimum atomic E-state index is 0.505. The Morgan fingerprint density at radius 1 is 1.21 bits per heavy atom. The van der Waals surface area contributed by atoms with Gasteiger partial charge < -0.3 is 10.1 Å². The Morgan fingerprint density at radius 3 is 2.71 bits per heavy atom. The Kier molecular flexibility index (Phi) is 4.83. The van der Waals surface area contributed by atoms with Crippen LogP contribution in [0.4, 0.5) is 5.69 Å². The zero-order valence-electron chi connectivity index (χ0n) is 13.2. The van der Waals surface area contributed by atoms with Crippen molar-refractivity contribution >= 4 is 28.2 Å². The van der Waals surface area contributed by atoms with E-state index < -0.39 is 0 Å². The van der Waals surface area contributed by atoms with Gasteiger partial charge in [-0.3, -0.25) is 4.98 Å². The molecule has 1 N–H and O–H groups in total. The fourth-order valence-corrected chi connectivity index (χ4v) is 2.62. The molecule has 1 aromatic heterocycles. The van der Waals surface area contributed by atoms with E-state index in [1.165, 1.54) is 0 Å². The third kappa shape index (κ3) is 3.42. The van der Waals surface area contributed by atoms with Crippen molar-refractivity contribution in [1.82, 2.24) is 4.98 Å². The molecule has 120 valence electrons. The molecule has 0 bridgehead atoms. The molecule has 3 aromatic rings. The summed E-state index contributed by atoms with van der Waals surface area (Å²) in [5.41, 5.74) is 3.16. The maximum atomic E-state index is 9.41. The van der Waals surface area contributed by atoms with Gasteiger partial charge in [0, 0.05) is 23.2 Å². The number of anilines is 1.